The third-order valence-electron chi connectivity index (χ3n) is 14.7. The van der Waals surface area contributed by atoms with Gasteiger partial charge in [0, 0.05) is 42.5 Å². The summed E-state index contributed by atoms with van der Waals surface area (Å²) in [6, 6.07) is 6.66. The maximum Gasteiger partial charge on any atom is 0.340 e. The fraction of sp³-hybridized carbons (Fsp3) is 0.545. The SMILES string of the molecule is CC(=O)C[C@H](O)C(=O)OC1=CC[C@@]2(O)[C@H]3Cc4ccc(O)c5c4[C@@]2(CCN3C)[C@H]1O5.CC(=O)[C@@H](O)CC(=O)OC1=CC[C@@]2(O)[C@H]3Cc4ccc(O)c5c4[C@@]2(CCN3C)[C@H]1O5. The first-order chi connectivity index (χ1) is 28.4. The lowest BCUT2D eigenvalue weighted by atomic mass is 9.50. The standard InChI is InChI=1S/2C22H25NO7/c1-11(24)14(26)10-17(27)29-15-5-6-22(28)16-9-12-3-4-13(25)19-18(12)21(22,20(15)30-19)7-8-23(16)2;1-11(24)9-14(26)20(27)29-15-5-6-22(28)16-10-12-3-4-13(25)18-17(12)21(22,19(15)30-18)7-8-23(16)2/h3-5,14,16,20,25-26,28H,6-10H2,1-2H3;3-5,14,16,19,25-26,28H,6-10H2,1-2H3/t14-,16+,20-,21-,22+;14-,16+,19-,21-,22+/m00/s1. The second-order valence-electron chi connectivity index (χ2n) is 17.9. The van der Waals surface area contributed by atoms with E-state index in [0.29, 0.717) is 37.2 Å². The quantitative estimate of drug-likeness (QED) is 0.205. The molecular weight excluding hydrogens is 780 g/mol. The van der Waals surface area contributed by atoms with Crippen molar-refractivity contribution in [3.8, 4) is 23.0 Å². The Morgan fingerprint density at radius 3 is 1.65 bits per heavy atom. The van der Waals surface area contributed by atoms with Crippen molar-refractivity contribution < 1.29 is 68.8 Å². The third-order valence-corrected chi connectivity index (χ3v) is 14.7. The van der Waals surface area contributed by atoms with Crippen molar-refractivity contribution >= 4 is 23.5 Å². The van der Waals surface area contributed by atoms with Crippen LogP contribution in [0, 0.1) is 0 Å². The van der Waals surface area contributed by atoms with Crippen LogP contribution in [0.5, 0.6) is 23.0 Å². The van der Waals surface area contributed by atoms with Crippen LogP contribution >= 0.6 is 0 Å². The number of esters is 2. The number of rotatable bonds is 8. The summed E-state index contributed by atoms with van der Waals surface area (Å²) in [6.07, 6.45) is 0.911. The number of hydrogen-bond donors (Lipinski definition) is 6. The van der Waals surface area contributed by atoms with Crippen molar-refractivity contribution in [2.45, 2.75) is 124 Å². The van der Waals surface area contributed by atoms with Crippen molar-refractivity contribution in [3.63, 3.8) is 0 Å². The van der Waals surface area contributed by atoms with E-state index >= 15 is 0 Å². The summed E-state index contributed by atoms with van der Waals surface area (Å²) in [5, 5.41) is 64.6. The average Bonchev–Trinajstić information content (AvgIpc) is 3.74. The summed E-state index contributed by atoms with van der Waals surface area (Å²) in [7, 11) is 3.99. The summed E-state index contributed by atoms with van der Waals surface area (Å²) in [5.74, 6) is -1.39. The number of Topliss-reactive ketones (excluding diaryl/α,β-unsaturated/α-hetero) is 2. The predicted octanol–water partition coefficient (Wildman–Crippen LogP) is 1.11. The van der Waals surface area contributed by atoms with Crippen molar-refractivity contribution in [2.75, 3.05) is 27.2 Å². The van der Waals surface area contributed by atoms with Crippen molar-refractivity contribution in [2.24, 2.45) is 0 Å². The highest BCUT2D eigenvalue weighted by atomic mass is 16.6. The van der Waals surface area contributed by atoms with Gasteiger partial charge in [-0.05, 0) is 102 Å². The van der Waals surface area contributed by atoms with Gasteiger partial charge in [0.2, 0.25) is 0 Å². The highest BCUT2D eigenvalue weighted by Crippen LogP contribution is 2.67. The molecule has 0 amide bonds. The minimum absolute atomic E-state index is 0.00469. The van der Waals surface area contributed by atoms with E-state index in [1.807, 2.05) is 26.2 Å². The average molecular weight is 831 g/mol. The van der Waals surface area contributed by atoms with Gasteiger partial charge in [0.1, 0.15) is 23.4 Å². The molecule has 10 rings (SSSR count). The van der Waals surface area contributed by atoms with Gasteiger partial charge in [-0.1, -0.05) is 12.1 Å². The molecule has 4 aliphatic carbocycles. The molecule has 8 aliphatic rings. The van der Waals surface area contributed by atoms with E-state index in [9.17, 15) is 49.8 Å². The highest BCUT2D eigenvalue weighted by molar-refractivity contribution is 5.86. The van der Waals surface area contributed by atoms with E-state index in [4.69, 9.17) is 18.9 Å². The number of likely N-dealkylation sites (tertiary alicyclic amines) is 2. The Hall–Kier alpha value is -4.84. The van der Waals surface area contributed by atoms with Crippen LogP contribution < -0.4 is 9.47 Å². The Labute approximate surface area is 345 Å². The lowest BCUT2D eigenvalue weighted by molar-refractivity contribution is -0.172. The van der Waals surface area contributed by atoms with Crippen LogP contribution in [0.15, 0.2) is 47.9 Å². The molecule has 320 valence electrons. The van der Waals surface area contributed by atoms with Crippen molar-refractivity contribution in [1.82, 2.24) is 9.80 Å². The molecule has 2 fully saturated rings. The Balaban J connectivity index is 0.000000154. The fourth-order valence-electron chi connectivity index (χ4n) is 11.9. The van der Waals surface area contributed by atoms with Crippen LogP contribution in [0.4, 0.5) is 0 Å². The molecule has 16 heteroatoms. The maximum atomic E-state index is 12.4. The minimum Gasteiger partial charge on any atom is -0.504 e. The molecule has 0 saturated carbocycles. The number of hydrogen-bond acceptors (Lipinski definition) is 16. The number of carbonyl (C=O) groups excluding carboxylic acids is 4. The van der Waals surface area contributed by atoms with Crippen LogP contribution in [0.3, 0.4) is 0 Å². The van der Waals surface area contributed by atoms with E-state index < -0.39 is 70.6 Å². The normalized spacial score (nSPS) is 34.5. The molecule has 16 nitrogen and oxygen atoms in total. The number of ether oxygens (including phenoxy) is 4. The molecule has 4 bridgehead atoms. The Morgan fingerprint density at radius 2 is 1.20 bits per heavy atom. The first kappa shape index (κ1) is 40.6. The largest absolute Gasteiger partial charge is 0.504 e. The molecule has 2 aromatic carbocycles. The molecule has 0 aromatic heterocycles. The van der Waals surface area contributed by atoms with Gasteiger partial charge in [0.25, 0.3) is 0 Å². The predicted molar refractivity (Wildman–Crippen MR) is 208 cm³/mol. The summed E-state index contributed by atoms with van der Waals surface area (Å²) in [6.45, 7) is 3.94. The molecular formula is C44H50N2O14. The van der Waals surface area contributed by atoms with Crippen LogP contribution in [-0.2, 0) is 52.3 Å². The van der Waals surface area contributed by atoms with Gasteiger partial charge in [-0.15, -0.1) is 0 Å². The molecule has 6 N–H and O–H groups in total. The second kappa shape index (κ2) is 13.8. The Bertz CT molecular complexity index is 2290. The third kappa shape index (κ3) is 5.43. The molecule has 0 radical (unpaired) electrons. The summed E-state index contributed by atoms with van der Waals surface area (Å²) >= 11 is 0. The molecule has 2 spiro atoms. The number of phenolic OH excluding ortho intramolecular Hbond substituents is 2. The first-order valence-corrected chi connectivity index (χ1v) is 20.5. The van der Waals surface area contributed by atoms with E-state index in [2.05, 4.69) is 9.80 Å². The van der Waals surface area contributed by atoms with Gasteiger partial charge >= 0.3 is 11.9 Å². The zero-order valence-corrected chi connectivity index (χ0v) is 33.8. The monoisotopic (exact) mass is 830 g/mol. The van der Waals surface area contributed by atoms with E-state index in [1.165, 1.54) is 13.8 Å². The van der Waals surface area contributed by atoms with E-state index in [1.54, 1.807) is 24.3 Å². The van der Waals surface area contributed by atoms with Crippen LogP contribution in [0.1, 0.15) is 74.6 Å². The van der Waals surface area contributed by atoms with Crippen molar-refractivity contribution in [3.05, 3.63) is 70.2 Å². The number of piperidine rings is 2. The lowest BCUT2D eigenvalue weighted by Crippen LogP contribution is -2.74. The van der Waals surface area contributed by atoms with Gasteiger partial charge in [-0.3, -0.25) is 14.4 Å². The number of ketones is 2. The number of aliphatic hydroxyl groups excluding tert-OH is 2. The molecule has 2 aromatic rings. The zero-order chi connectivity index (χ0) is 42.8. The summed E-state index contributed by atoms with van der Waals surface area (Å²) < 4.78 is 23.4. The fourth-order valence-corrected chi connectivity index (χ4v) is 11.9. The molecule has 10 atom stereocenters. The minimum atomic E-state index is -1.56. The number of benzene rings is 2. The smallest absolute Gasteiger partial charge is 0.340 e. The first-order valence-electron chi connectivity index (χ1n) is 20.5. The number of phenols is 2. The van der Waals surface area contributed by atoms with Crippen molar-refractivity contribution in [1.29, 1.82) is 0 Å². The summed E-state index contributed by atoms with van der Waals surface area (Å²) in [5.41, 5.74) is -0.343. The number of carbonyl (C=O) groups is 4. The summed E-state index contributed by atoms with van der Waals surface area (Å²) in [4.78, 5) is 51.6. The number of likely N-dealkylation sites (N-methyl/N-ethyl adjacent to an activating group) is 2. The molecule has 4 aliphatic heterocycles. The van der Waals surface area contributed by atoms with Crippen LogP contribution in [0.2, 0.25) is 0 Å². The maximum absolute atomic E-state index is 12.4. The zero-order valence-electron chi connectivity index (χ0n) is 33.8. The second-order valence-corrected chi connectivity index (χ2v) is 17.9. The highest BCUT2D eigenvalue weighted by Gasteiger charge is 2.73. The Kier molecular flexibility index (Phi) is 9.36. The number of aliphatic hydroxyl groups is 4. The van der Waals surface area contributed by atoms with Crippen LogP contribution in [-0.4, -0.2) is 139 Å². The number of aromatic hydroxyl groups is 2. The Morgan fingerprint density at radius 1 is 0.733 bits per heavy atom. The van der Waals surface area contributed by atoms with E-state index in [0.717, 1.165) is 35.3 Å². The topological polar surface area (TPSA) is 233 Å². The molecule has 4 heterocycles. The molecule has 0 unspecified atom stereocenters. The lowest BCUT2D eigenvalue weighted by Gasteiger charge is -2.61. The van der Waals surface area contributed by atoms with Gasteiger partial charge in [0.05, 0.1) is 28.5 Å². The van der Waals surface area contributed by atoms with Gasteiger partial charge in [-0.25, -0.2) is 4.79 Å². The van der Waals surface area contributed by atoms with Gasteiger partial charge in [-0.2, -0.15) is 0 Å². The molecule has 60 heavy (non-hydrogen) atoms. The molecule has 2 saturated heterocycles. The number of nitrogens with zero attached hydrogens (tertiary/aromatic N) is 2. The van der Waals surface area contributed by atoms with E-state index in [-0.39, 0.29) is 60.1 Å². The van der Waals surface area contributed by atoms with Gasteiger partial charge < -0.3 is 59.4 Å². The van der Waals surface area contributed by atoms with Gasteiger partial charge in [0.15, 0.2) is 47.1 Å². The van der Waals surface area contributed by atoms with Crippen LogP contribution in [0.25, 0.3) is 0 Å².